The van der Waals surface area contributed by atoms with E-state index >= 15 is 0 Å². The molecule has 0 spiro atoms. The van der Waals surface area contributed by atoms with E-state index in [1.807, 2.05) is 18.2 Å². The molecule has 0 saturated carbocycles. The molecule has 1 aliphatic heterocycles. The number of amides is 1. The van der Waals surface area contributed by atoms with Gasteiger partial charge in [-0.2, -0.15) is 0 Å². The first-order valence-electron chi connectivity index (χ1n) is 13.2. The van der Waals surface area contributed by atoms with Gasteiger partial charge in [-0.1, -0.05) is 51.2 Å². The highest BCUT2D eigenvalue weighted by molar-refractivity contribution is 6.06. The Hall–Kier alpha value is -2.90. The molecule has 1 heterocycles. The molecule has 1 N–H and O–H groups in total. The Morgan fingerprint density at radius 1 is 0.917 bits per heavy atom. The summed E-state index contributed by atoms with van der Waals surface area (Å²) in [5, 5.41) is 2.90. The minimum Gasteiger partial charge on any atom is -0.493 e. The maximum Gasteiger partial charge on any atom is 0.338 e. The predicted molar refractivity (Wildman–Crippen MR) is 142 cm³/mol. The van der Waals surface area contributed by atoms with E-state index in [1.165, 1.54) is 25.7 Å². The van der Waals surface area contributed by atoms with Crippen molar-refractivity contribution in [2.24, 2.45) is 0 Å². The number of ether oxygens (including phenoxy) is 3. The highest BCUT2D eigenvalue weighted by Crippen LogP contribution is 2.21. The fraction of sp³-hybridized carbons (Fsp3) is 0.517. The number of benzene rings is 2. The van der Waals surface area contributed by atoms with Gasteiger partial charge in [0.25, 0.3) is 5.91 Å². The molecular formula is C29H41N2O5+. The van der Waals surface area contributed by atoms with Crippen LogP contribution in [-0.2, 0) is 9.47 Å². The third kappa shape index (κ3) is 8.95. The van der Waals surface area contributed by atoms with Crippen molar-refractivity contribution in [3.05, 3.63) is 59.7 Å². The average molecular weight is 498 g/mol. The first-order valence-corrected chi connectivity index (χ1v) is 13.2. The Kier molecular flexibility index (Phi) is 11.2. The summed E-state index contributed by atoms with van der Waals surface area (Å²) in [6.45, 7) is 7.29. The number of hydrogen-bond acceptors (Lipinski definition) is 5. The van der Waals surface area contributed by atoms with Gasteiger partial charge in [-0.05, 0) is 42.8 Å². The van der Waals surface area contributed by atoms with Gasteiger partial charge in [-0.15, -0.1) is 0 Å². The van der Waals surface area contributed by atoms with Gasteiger partial charge >= 0.3 is 5.97 Å². The number of anilines is 1. The van der Waals surface area contributed by atoms with Gasteiger partial charge in [0.2, 0.25) is 0 Å². The third-order valence-corrected chi connectivity index (χ3v) is 6.68. The molecule has 2 aromatic rings. The Balaban J connectivity index is 1.45. The predicted octanol–water partition coefficient (Wildman–Crippen LogP) is 5.31. The molecule has 7 nitrogen and oxygen atoms in total. The number of hydrogen-bond donors (Lipinski definition) is 1. The van der Waals surface area contributed by atoms with Crippen molar-refractivity contribution in [2.45, 2.75) is 45.4 Å². The fourth-order valence-electron chi connectivity index (χ4n) is 4.18. The topological polar surface area (TPSA) is 73.9 Å². The SMILES string of the molecule is CCCCCCCCOc1ccccc1C(=O)Nc1ccc(C(=O)OCC[N+]2(C)CCOCC2)cc1. The molecule has 196 valence electrons. The van der Waals surface area contributed by atoms with Gasteiger partial charge in [0.05, 0.1) is 38.0 Å². The number of para-hydroxylation sites is 1. The Labute approximate surface area is 215 Å². The number of carbonyl (C=O) groups excluding carboxylic acids is 2. The van der Waals surface area contributed by atoms with E-state index in [0.717, 1.165) is 50.2 Å². The van der Waals surface area contributed by atoms with E-state index in [1.54, 1.807) is 30.3 Å². The molecule has 0 unspecified atom stereocenters. The van der Waals surface area contributed by atoms with Crippen LogP contribution >= 0.6 is 0 Å². The molecule has 0 aromatic heterocycles. The monoisotopic (exact) mass is 497 g/mol. The number of nitrogens with zero attached hydrogens (tertiary/aromatic N) is 1. The number of likely N-dealkylation sites (N-methyl/N-ethyl adjacent to an activating group) is 1. The number of morpholine rings is 1. The van der Waals surface area contributed by atoms with Crippen molar-refractivity contribution in [3.63, 3.8) is 0 Å². The van der Waals surface area contributed by atoms with Crippen molar-refractivity contribution < 1.29 is 28.3 Å². The lowest BCUT2D eigenvalue weighted by molar-refractivity contribution is -0.917. The number of nitrogens with one attached hydrogen (secondary N) is 1. The Morgan fingerprint density at radius 2 is 1.61 bits per heavy atom. The summed E-state index contributed by atoms with van der Waals surface area (Å²) in [5.74, 6) is -0.0205. The largest absolute Gasteiger partial charge is 0.493 e. The van der Waals surface area contributed by atoms with Crippen LogP contribution in [0.4, 0.5) is 5.69 Å². The van der Waals surface area contributed by atoms with Crippen molar-refractivity contribution in [3.8, 4) is 5.75 Å². The maximum absolute atomic E-state index is 12.9. The first-order chi connectivity index (χ1) is 17.5. The molecule has 0 bridgehead atoms. The van der Waals surface area contributed by atoms with Crippen LogP contribution in [0.25, 0.3) is 0 Å². The normalized spacial score (nSPS) is 14.7. The lowest BCUT2D eigenvalue weighted by Gasteiger charge is -2.37. The van der Waals surface area contributed by atoms with Crippen molar-refractivity contribution in [1.29, 1.82) is 0 Å². The molecule has 0 aliphatic carbocycles. The molecule has 1 saturated heterocycles. The number of quaternary nitrogens is 1. The second-order valence-electron chi connectivity index (χ2n) is 9.68. The quantitative estimate of drug-likeness (QED) is 0.217. The van der Waals surface area contributed by atoms with Crippen LogP contribution in [-0.4, -0.2) is 69.5 Å². The van der Waals surface area contributed by atoms with Crippen LogP contribution in [0.5, 0.6) is 5.75 Å². The summed E-state index contributed by atoms with van der Waals surface area (Å²) in [5.41, 5.74) is 1.56. The first kappa shape index (κ1) is 27.7. The van der Waals surface area contributed by atoms with Crippen molar-refractivity contribution in [2.75, 3.05) is 58.4 Å². The van der Waals surface area contributed by atoms with E-state index in [2.05, 4.69) is 19.3 Å². The highest BCUT2D eigenvalue weighted by Gasteiger charge is 2.25. The van der Waals surface area contributed by atoms with Crippen LogP contribution < -0.4 is 10.1 Å². The standard InChI is InChI=1S/C29H40N2O5/c1-3-4-5-6-7-10-20-35-27-12-9-8-11-26(27)28(32)30-25-15-13-24(14-16-25)29(33)36-23-19-31(2)17-21-34-22-18-31/h8-9,11-16H,3-7,10,17-23H2,1-2H3/p+1. The highest BCUT2D eigenvalue weighted by atomic mass is 16.5. The Bertz CT molecular complexity index is 954. The molecule has 3 rings (SSSR count). The van der Waals surface area contributed by atoms with Crippen LogP contribution in [0.3, 0.4) is 0 Å². The Morgan fingerprint density at radius 3 is 2.36 bits per heavy atom. The second-order valence-corrected chi connectivity index (χ2v) is 9.68. The molecule has 1 amide bonds. The van der Waals surface area contributed by atoms with Crippen LogP contribution in [0.15, 0.2) is 48.5 Å². The van der Waals surface area contributed by atoms with Gasteiger partial charge in [0, 0.05) is 5.69 Å². The lowest BCUT2D eigenvalue weighted by atomic mass is 10.1. The van der Waals surface area contributed by atoms with E-state index < -0.39 is 0 Å². The smallest absolute Gasteiger partial charge is 0.338 e. The minimum atomic E-state index is -0.360. The summed E-state index contributed by atoms with van der Waals surface area (Å²) in [6.07, 6.45) is 7.11. The summed E-state index contributed by atoms with van der Waals surface area (Å²) in [6, 6.07) is 14.0. The summed E-state index contributed by atoms with van der Waals surface area (Å²) in [4.78, 5) is 25.3. The van der Waals surface area contributed by atoms with Gasteiger partial charge in [-0.25, -0.2) is 4.79 Å². The van der Waals surface area contributed by atoms with Crippen LogP contribution in [0, 0.1) is 0 Å². The zero-order chi connectivity index (χ0) is 25.6. The van der Waals surface area contributed by atoms with Crippen molar-refractivity contribution in [1.82, 2.24) is 0 Å². The number of rotatable bonds is 14. The number of unbranched alkanes of at least 4 members (excludes halogenated alkanes) is 5. The average Bonchev–Trinajstić information content (AvgIpc) is 2.89. The number of carbonyl (C=O) groups is 2. The summed E-state index contributed by atoms with van der Waals surface area (Å²) < 4.78 is 17.6. The van der Waals surface area contributed by atoms with E-state index in [0.29, 0.717) is 35.8 Å². The molecule has 0 radical (unpaired) electrons. The molecule has 7 heteroatoms. The van der Waals surface area contributed by atoms with Crippen LogP contribution in [0.1, 0.15) is 66.2 Å². The van der Waals surface area contributed by atoms with Gasteiger partial charge < -0.3 is 24.0 Å². The lowest BCUT2D eigenvalue weighted by Crippen LogP contribution is -2.53. The number of esters is 1. The van der Waals surface area contributed by atoms with Gasteiger partial charge in [-0.3, -0.25) is 4.79 Å². The zero-order valence-electron chi connectivity index (χ0n) is 21.8. The fourth-order valence-corrected chi connectivity index (χ4v) is 4.18. The zero-order valence-corrected chi connectivity index (χ0v) is 21.8. The van der Waals surface area contributed by atoms with Gasteiger partial charge in [0.1, 0.15) is 32.0 Å². The molecular weight excluding hydrogens is 456 g/mol. The molecule has 0 atom stereocenters. The second kappa shape index (κ2) is 14.6. The summed E-state index contributed by atoms with van der Waals surface area (Å²) in [7, 11) is 2.16. The van der Waals surface area contributed by atoms with Crippen LogP contribution in [0.2, 0.25) is 0 Å². The van der Waals surface area contributed by atoms with E-state index in [-0.39, 0.29) is 11.9 Å². The molecule has 2 aromatic carbocycles. The molecule has 1 aliphatic rings. The molecule has 36 heavy (non-hydrogen) atoms. The van der Waals surface area contributed by atoms with E-state index in [4.69, 9.17) is 14.2 Å². The van der Waals surface area contributed by atoms with Crippen molar-refractivity contribution >= 4 is 17.6 Å². The summed E-state index contributed by atoms with van der Waals surface area (Å²) >= 11 is 0. The van der Waals surface area contributed by atoms with Gasteiger partial charge in [0.15, 0.2) is 0 Å². The maximum atomic E-state index is 12.9. The minimum absolute atomic E-state index is 0.244. The third-order valence-electron chi connectivity index (χ3n) is 6.68. The van der Waals surface area contributed by atoms with E-state index in [9.17, 15) is 9.59 Å². The molecule has 1 fully saturated rings.